The number of carbonyl (C=O) groups excluding carboxylic acids is 1. The first-order chi connectivity index (χ1) is 9.51. The summed E-state index contributed by atoms with van der Waals surface area (Å²) in [5.74, 6) is -0.537. The van der Waals surface area contributed by atoms with Crippen LogP contribution in [0.2, 0.25) is 0 Å². The standard InChI is InChI=1S/C13H18N2O5/c1-9-4-3-5-11(15(18)19)12(9)13(17)14-10(6-7-16)8-20-2/h3-5,10,16H,6-8H2,1-2H3,(H,14,17). The summed E-state index contributed by atoms with van der Waals surface area (Å²) in [5, 5.41) is 22.5. The van der Waals surface area contributed by atoms with Gasteiger partial charge in [0.05, 0.1) is 17.6 Å². The number of nitro groups is 1. The molecule has 0 aliphatic carbocycles. The molecule has 2 N–H and O–H groups in total. The van der Waals surface area contributed by atoms with E-state index < -0.39 is 16.9 Å². The fourth-order valence-corrected chi connectivity index (χ4v) is 1.91. The molecule has 1 aromatic rings. The Bertz CT molecular complexity index is 484. The van der Waals surface area contributed by atoms with Crippen LogP contribution >= 0.6 is 0 Å². The third kappa shape index (κ3) is 4.01. The molecule has 0 aromatic heterocycles. The fourth-order valence-electron chi connectivity index (χ4n) is 1.91. The zero-order valence-electron chi connectivity index (χ0n) is 11.5. The second kappa shape index (κ2) is 7.56. The molecule has 7 heteroatoms. The second-order valence-electron chi connectivity index (χ2n) is 4.36. The summed E-state index contributed by atoms with van der Waals surface area (Å²) in [4.78, 5) is 22.6. The van der Waals surface area contributed by atoms with Crippen LogP contribution in [-0.2, 0) is 4.74 Å². The van der Waals surface area contributed by atoms with Crippen molar-refractivity contribution in [3.63, 3.8) is 0 Å². The smallest absolute Gasteiger partial charge is 0.282 e. The molecule has 20 heavy (non-hydrogen) atoms. The highest BCUT2D eigenvalue weighted by molar-refractivity contribution is 5.99. The number of amides is 1. The van der Waals surface area contributed by atoms with Gasteiger partial charge in [-0.3, -0.25) is 14.9 Å². The number of aliphatic hydroxyl groups is 1. The third-order valence-corrected chi connectivity index (χ3v) is 2.86. The molecule has 0 bridgehead atoms. The summed E-state index contributed by atoms with van der Waals surface area (Å²) in [6.07, 6.45) is 0.319. The van der Waals surface area contributed by atoms with Crippen molar-refractivity contribution in [3.05, 3.63) is 39.4 Å². The van der Waals surface area contributed by atoms with Gasteiger partial charge in [0.25, 0.3) is 11.6 Å². The minimum Gasteiger partial charge on any atom is -0.396 e. The predicted molar refractivity (Wildman–Crippen MR) is 72.7 cm³/mol. The number of hydrogen-bond donors (Lipinski definition) is 2. The lowest BCUT2D eigenvalue weighted by molar-refractivity contribution is -0.385. The van der Waals surface area contributed by atoms with Gasteiger partial charge in [0.15, 0.2) is 0 Å². The first-order valence-electron chi connectivity index (χ1n) is 6.16. The number of hydrogen-bond acceptors (Lipinski definition) is 5. The summed E-state index contributed by atoms with van der Waals surface area (Å²) in [5.41, 5.74) is 0.330. The van der Waals surface area contributed by atoms with E-state index in [1.54, 1.807) is 13.0 Å². The van der Waals surface area contributed by atoms with Crippen LogP contribution in [0.3, 0.4) is 0 Å². The van der Waals surface area contributed by atoms with E-state index in [-0.39, 0.29) is 24.5 Å². The number of ether oxygens (including phenoxy) is 1. The van der Waals surface area contributed by atoms with Crippen molar-refractivity contribution < 1.29 is 19.6 Å². The average Bonchev–Trinajstić information content (AvgIpc) is 2.38. The van der Waals surface area contributed by atoms with Gasteiger partial charge in [-0.05, 0) is 18.9 Å². The van der Waals surface area contributed by atoms with Crippen molar-refractivity contribution >= 4 is 11.6 Å². The molecule has 1 atom stereocenters. The number of methoxy groups -OCH3 is 1. The van der Waals surface area contributed by atoms with Gasteiger partial charge in [-0.25, -0.2) is 0 Å². The largest absolute Gasteiger partial charge is 0.396 e. The first kappa shape index (κ1) is 16.1. The molecule has 0 saturated carbocycles. The molecule has 0 heterocycles. The summed E-state index contributed by atoms with van der Waals surface area (Å²) < 4.78 is 4.94. The summed E-state index contributed by atoms with van der Waals surface area (Å²) >= 11 is 0. The molecule has 0 spiro atoms. The molecule has 1 aromatic carbocycles. The van der Waals surface area contributed by atoms with Gasteiger partial charge < -0.3 is 15.2 Å². The second-order valence-corrected chi connectivity index (χ2v) is 4.36. The lowest BCUT2D eigenvalue weighted by atomic mass is 10.1. The molecule has 0 radical (unpaired) electrons. The van der Waals surface area contributed by atoms with E-state index in [4.69, 9.17) is 9.84 Å². The van der Waals surface area contributed by atoms with Crippen LogP contribution in [0.5, 0.6) is 0 Å². The van der Waals surface area contributed by atoms with Crippen LogP contribution in [0.1, 0.15) is 22.3 Å². The number of nitrogens with one attached hydrogen (secondary N) is 1. The SMILES string of the molecule is COCC(CCO)NC(=O)c1c(C)cccc1[N+](=O)[O-]. The van der Waals surface area contributed by atoms with E-state index in [1.807, 2.05) is 0 Å². The van der Waals surface area contributed by atoms with Crippen LogP contribution < -0.4 is 5.32 Å². The number of nitrogens with zero attached hydrogens (tertiary/aromatic N) is 1. The Balaban J connectivity index is 2.99. The Hall–Kier alpha value is -1.99. The van der Waals surface area contributed by atoms with Crippen molar-refractivity contribution in [3.8, 4) is 0 Å². The van der Waals surface area contributed by atoms with Crippen molar-refractivity contribution in [1.29, 1.82) is 0 Å². The highest BCUT2D eigenvalue weighted by Crippen LogP contribution is 2.21. The number of aryl methyl sites for hydroxylation is 1. The van der Waals surface area contributed by atoms with Crippen LogP contribution in [0, 0.1) is 17.0 Å². The molecule has 1 unspecified atom stereocenters. The molecule has 0 aliphatic rings. The Morgan fingerprint density at radius 2 is 2.25 bits per heavy atom. The highest BCUT2D eigenvalue weighted by atomic mass is 16.6. The quantitative estimate of drug-likeness (QED) is 0.574. The van der Waals surface area contributed by atoms with Crippen molar-refractivity contribution in [2.24, 2.45) is 0 Å². The van der Waals surface area contributed by atoms with Crippen LogP contribution in [0.15, 0.2) is 18.2 Å². The Morgan fingerprint density at radius 3 is 2.80 bits per heavy atom. The summed E-state index contributed by atoms with van der Waals surface area (Å²) in [6.45, 7) is 1.76. The van der Waals surface area contributed by atoms with Crippen molar-refractivity contribution in [2.45, 2.75) is 19.4 Å². The first-order valence-corrected chi connectivity index (χ1v) is 6.16. The van der Waals surface area contributed by atoms with Gasteiger partial charge in [-0.15, -0.1) is 0 Å². The fraction of sp³-hybridized carbons (Fsp3) is 0.462. The molecule has 7 nitrogen and oxygen atoms in total. The minimum absolute atomic E-state index is 0.0385. The topological polar surface area (TPSA) is 102 Å². The molecule has 1 rings (SSSR count). The van der Waals surface area contributed by atoms with E-state index in [0.717, 1.165) is 0 Å². The van der Waals surface area contributed by atoms with Crippen LogP contribution in [-0.4, -0.2) is 42.3 Å². The van der Waals surface area contributed by atoms with E-state index in [0.29, 0.717) is 12.0 Å². The lowest BCUT2D eigenvalue weighted by Crippen LogP contribution is -2.39. The van der Waals surface area contributed by atoms with Gasteiger partial charge in [0.2, 0.25) is 0 Å². The van der Waals surface area contributed by atoms with Crippen LogP contribution in [0.25, 0.3) is 0 Å². The Morgan fingerprint density at radius 1 is 1.55 bits per heavy atom. The van der Waals surface area contributed by atoms with Gasteiger partial charge in [0, 0.05) is 19.8 Å². The maximum Gasteiger partial charge on any atom is 0.282 e. The third-order valence-electron chi connectivity index (χ3n) is 2.86. The molecule has 110 valence electrons. The minimum atomic E-state index is -0.584. The molecule has 0 saturated heterocycles. The van der Waals surface area contributed by atoms with E-state index in [1.165, 1.54) is 19.2 Å². The van der Waals surface area contributed by atoms with Crippen molar-refractivity contribution in [1.82, 2.24) is 5.32 Å². The highest BCUT2D eigenvalue weighted by Gasteiger charge is 2.23. The van der Waals surface area contributed by atoms with E-state index >= 15 is 0 Å². The van der Waals surface area contributed by atoms with E-state index in [9.17, 15) is 14.9 Å². The number of nitro benzene ring substituents is 1. The Labute approximate surface area is 116 Å². The maximum atomic E-state index is 12.2. The van der Waals surface area contributed by atoms with Gasteiger partial charge in [0.1, 0.15) is 5.56 Å². The van der Waals surface area contributed by atoms with Gasteiger partial charge >= 0.3 is 0 Å². The van der Waals surface area contributed by atoms with Crippen molar-refractivity contribution in [2.75, 3.05) is 20.3 Å². The molecule has 1 amide bonds. The lowest BCUT2D eigenvalue weighted by Gasteiger charge is -2.17. The van der Waals surface area contributed by atoms with Crippen LogP contribution in [0.4, 0.5) is 5.69 Å². The number of rotatable bonds is 7. The number of benzene rings is 1. The molecular weight excluding hydrogens is 264 g/mol. The molecule has 0 aliphatic heterocycles. The van der Waals surface area contributed by atoms with Gasteiger partial charge in [-0.2, -0.15) is 0 Å². The zero-order chi connectivity index (χ0) is 15.1. The maximum absolute atomic E-state index is 12.2. The molecular formula is C13H18N2O5. The number of aliphatic hydroxyl groups excluding tert-OH is 1. The van der Waals surface area contributed by atoms with Gasteiger partial charge in [-0.1, -0.05) is 12.1 Å². The average molecular weight is 282 g/mol. The summed E-state index contributed by atoms with van der Waals surface area (Å²) in [6, 6.07) is 4.07. The zero-order valence-corrected chi connectivity index (χ0v) is 11.5. The number of carbonyl (C=O) groups is 1. The van der Waals surface area contributed by atoms with E-state index in [2.05, 4.69) is 5.32 Å². The molecule has 0 fully saturated rings. The predicted octanol–water partition coefficient (Wildman–Crippen LogP) is 1.03. The summed E-state index contributed by atoms with van der Waals surface area (Å²) in [7, 11) is 1.48. The monoisotopic (exact) mass is 282 g/mol. The Kier molecular flexibility index (Phi) is 6.08. The normalized spacial score (nSPS) is 11.9.